The first-order valence-corrected chi connectivity index (χ1v) is 5.38. The Morgan fingerprint density at radius 2 is 2.00 bits per heavy atom. The summed E-state index contributed by atoms with van der Waals surface area (Å²) in [5.74, 6) is 0.778. The Morgan fingerprint density at radius 3 is 2.75 bits per heavy atom. The lowest BCUT2D eigenvalue weighted by molar-refractivity contribution is 0.0806. The van der Waals surface area contributed by atoms with E-state index in [1.807, 2.05) is 18.2 Å². The minimum absolute atomic E-state index is 0.538. The SMILES string of the molecule is COCCCOCCOc1cccc(N)c1. The number of benzene rings is 1. The van der Waals surface area contributed by atoms with Gasteiger partial charge in [0.15, 0.2) is 0 Å². The summed E-state index contributed by atoms with van der Waals surface area (Å²) < 4.78 is 15.7. The molecule has 4 nitrogen and oxygen atoms in total. The molecule has 0 aromatic heterocycles. The summed E-state index contributed by atoms with van der Waals surface area (Å²) in [6, 6.07) is 7.37. The number of hydrogen-bond acceptors (Lipinski definition) is 4. The number of nitrogens with two attached hydrogens (primary N) is 1. The van der Waals surface area contributed by atoms with Gasteiger partial charge in [-0.3, -0.25) is 0 Å². The highest BCUT2D eigenvalue weighted by Gasteiger charge is 1.94. The van der Waals surface area contributed by atoms with Crippen LogP contribution in [0.1, 0.15) is 6.42 Å². The normalized spacial score (nSPS) is 10.3. The Balaban J connectivity index is 2.03. The molecule has 0 atom stereocenters. The van der Waals surface area contributed by atoms with Gasteiger partial charge in [0.05, 0.1) is 6.61 Å². The van der Waals surface area contributed by atoms with Crippen molar-refractivity contribution in [2.45, 2.75) is 6.42 Å². The van der Waals surface area contributed by atoms with Crippen LogP contribution >= 0.6 is 0 Å². The van der Waals surface area contributed by atoms with E-state index in [1.54, 1.807) is 13.2 Å². The van der Waals surface area contributed by atoms with Gasteiger partial charge in [-0.2, -0.15) is 0 Å². The second-order valence-electron chi connectivity index (χ2n) is 3.38. The van der Waals surface area contributed by atoms with Gasteiger partial charge in [0.1, 0.15) is 12.4 Å². The van der Waals surface area contributed by atoms with Gasteiger partial charge in [0, 0.05) is 32.1 Å². The number of nitrogen functional groups attached to an aromatic ring is 1. The average Bonchev–Trinajstić information content (AvgIpc) is 2.28. The smallest absolute Gasteiger partial charge is 0.121 e. The topological polar surface area (TPSA) is 53.7 Å². The first-order chi connectivity index (χ1) is 7.83. The van der Waals surface area contributed by atoms with E-state index in [0.29, 0.717) is 25.5 Å². The largest absolute Gasteiger partial charge is 0.491 e. The van der Waals surface area contributed by atoms with Crippen LogP contribution in [-0.2, 0) is 9.47 Å². The van der Waals surface area contributed by atoms with E-state index in [2.05, 4.69) is 0 Å². The van der Waals surface area contributed by atoms with E-state index in [-0.39, 0.29) is 0 Å². The van der Waals surface area contributed by atoms with E-state index in [4.69, 9.17) is 19.9 Å². The Hall–Kier alpha value is -1.26. The highest BCUT2D eigenvalue weighted by molar-refractivity contribution is 5.43. The molecule has 0 heterocycles. The van der Waals surface area contributed by atoms with Gasteiger partial charge in [-0.1, -0.05) is 6.07 Å². The van der Waals surface area contributed by atoms with Crippen LogP contribution in [0.5, 0.6) is 5.75 Å². The fourth-order valence-electron chi connectivity index (χ4n) is 1.23. The van der Waals surface area contributed by atoms with E-state index in [0.717, 1.165) is 18.8 Å². The van der Waals surface area contributed by atoms with Crippen molar-refractivity contribution < 1.29 is 14.2 Å². The van der Waals surface area contributed by atoms with Crippen LogP contribution in [0.25, 0.3) is 0 Å². The van der Waals surface area contributed by atoms with Crippen LogP contribution in [0, 0.1) is 0 Å². The predicted octanol–water partition coefficient (Wildman–Crippen LogP) is 1.70. The van der Waals surface area contributed by atoms with Gasteiger partial charge < -0.3 is 19.9 Å². The molecule has 0 unspecified atom stereocenters. The molecule has 4 heteroatoms. The van der Waals surface area contributed by atoms with Gasteiger partial charge in [0.25, 0.3) is 0 Å². The van der Waals surface area contributed by atoms with Crippen LogP contribution < -0.4 is 10.5 Å². The molecule has 0 saturated heterocycles. The van der Waals surface area contributed by atoms with Crippen LogP contribution in [0.15, 0.2) is 24.3 Å². The minimum atomic E-state index is 0.538. The molecule has 0 bridgehead atoms. The average molecular weight is 225 g/mol. The summed E-state index contributed by atoms with van der Waals surface area (Å²) in [4.78, 5) is 0. The van der Waals surface area contributed by atoms with Gasteiger partial charge >= 0.3 is 0 Å². The van der Waals surface area contributed by atoms with Crippen molar-refractivity contribution in [3.05, 3.63) is 24.3 Å². The first kappa shape index (κ1) is 12.8. The molecule has 0 aliphatic rings. The maximum atomic E-state index is 5.62. The van der Waals surface area contributed by atoms with Gasteiger partial charge in [-0.05, 0) is 18.6 Å². The molecule has 1 aromatic rings. The molecule has 2 N–H and O–H groups in total. The van der Waals surface area contributed by atoms with E-state index in [1.165, 1.54) is 0 Å². The van der Waals surface area contributed by atoms with Gasteiger partial charge in [-0.15, -0.1) is 0 Å². The zero-order valence-electron chi connectivity index (χ0n) is 9.65. The van der Waals surface area contributed by atoms with Crippen LogP contribution in [0.2, 0.25) is 0 Å². The third-order valence-corrected chi connectivity index (χ3v) is 1.99. The molecular weight excluding hydrogens is 206 g/mol. The first-order valence-electron chi connectivity index (χ1n) is 5.38. The summed E-state index contributed by atoms with van der Waals surface area (Å²) in [6.07, 6.45) is 0.911. The second kappa shape index (κ2) is 7.96. The van der Waals surface area contributed by atoms with Gasteiger partial charge in [0.2, 0.25) is 0 Å². The second-order valence-corrected chi connectivity index (χ2v) is 3.38. The van der Waals surface area contributed by atoms with Crippen molar-refractivity contribution in [3.8, 4) is 5.75 Å². The molecular formula is C12H19NO3. The summed E-state index contributed by atoms with van der Waals surface area (Å²) in [5.41, 5.74) is 6.33. The number of ether oxygens (including phenoxy) is 3. The molecule has 1 aromatic carbocycles. The molecule has 0 fully saturated rings. The Kier molecular flexibility index (Phi) is 6.37. The zero-order valence-corrected chi connectivity index (χ0v) is 9.65. The lowest BCUT2D eigenvalue weighted by Crippen LogP contribution is -2.08. The quantitative estimate of drug-likeness (QED) is 0.540. The van der Waals surface area contributed by atoms with E-state index < -0.39 is 0 Å². The summed E-state index contributed by atoms with van der Waals surface area (Å²) in [5, 5.41) is 0. The molecule has 90 valence electrons. The number of anilines is 1. The van der Waals surface area contributed by atoms with Crippen LogP contribution in [-0.4, -0.2) is 33.5 Å². The molecule has 0 aliphatic heterocycles. The lowest BCUT2D eigenvalue weighted by Gasteiger charge is -2.07. The highest BCUT2D eigenvalue weighted by atomic mass is 16.5. The van der Waals surface area contributed by atoms with Crippen LogP contribution in [0.3, 0.4) is 0 Å². The Bertz CT molecular complexity index is 291. The Morgan fingerprint density at radius 1 is 1.12 bits per heavy atom. The third kappa shape index (κ3) is 5.58. The number of rotatable bonds is 8. The number of hydrogen-bond donors (Lipinski definition) is 1. The fraction of sp³-hybridized carbons (Fsp3) is 0.500. The van der Waals surface area contributed by atoms with E-state index in [9.17, 15) is 0 Å². The van der Waals surface area contributed by atoms with Crippen molar-refractivity contribution in [3.63, 3.8) is 0 Å². The molecule has 0 saturated carbocycles. The zero-order chi connectivity index (χ0) is 11.6. The highest BCUT2D eigenvalue weighted by Crippen LogP contribution is 2.13. The monoisotopic (exact) mass is 225 g/mol. The number of methoxy groups -OCH3 is 1. The summed E-state index contributed by atoms with van der Waals surface area (Å²) >= 11 is 0. The third-order valence-electron chi connectivity index (χ3n) is 1.99. The fourth-order valence-corrected chi connectivity index (χ4v) is 1.23. The van der Waals surface area contributed by atoms with E-state index >= 15 is 0 Å². The standard InChI is InChI=1S/C12H19NO3/c1-14-6-3-7-15-8-9-16-12-5-2-4-11(13)10-12/h2,4-5,10H,3,6-9,13H2,1H3. The maximum absolute atomic E-state index is 5.62. The lowest BCUT2D eigenvalue weighted by atomic mass is 10.3. The summed E-state index contributed by atoms with van der Waals surface area (Å²) in [7, 11) is 1.68. The molecule has 16 heavy (non-hydrogen) atoms. The minimum Gasteiger partial charge on any atom is -0.491 e. The molecule has 1 rings (SSSR count). The molecule has 0 radical (unpaired) electrons. The van der Waals surface area contributed by atoms with Crippen molar-refractivity contribution in [1.29, 1.82) is 0 Å². The van der Waals surface area contributed by atoms with Crippen LogP contribution in [0.4, 0.5) is 5.69 Å². The molecule has 0 spiro atoms. The van der Waals surface area contributed by atoms with Crippen molar-refractivity contribution in [2.75, 3.05) is 39.3 Å². The van der Waals surface area contributed by atoms with Crippen molar-refractivity contribution in [2.24, 2.45) is 0 Å². The van der Waals surface area contributed by atoms with Gasteiger partial charge in [-0.25, -0.2) is 0 Å². The maximum Gasteiger partial charge on any atom is 0.121 e. The predicted molar refractivity (Wildman–Crippen MR) is 63.7 cm³/mol. The molecule has 0 amide bonds. The van der Waals surface area contributed by atoms with Crippen molar-refractivity contribution >= 4 is 5.69 Å². The Labute approximate surface area is 96.3 Å². The van der Waals surface area contributed by atoms with Crippen molar-refractivity contribution in [1.82, 2.24) is 0 Å². The summed E-state index contributed by atoms with van der Waals surface area (Å²) in [6.45, 7) is 2.55. The molecule has 0 aliphatic carbocycles.